The van der Waals surface area contributed by atoms with E-state index >= 15 is 0 Å². The van der Waals surface area contributed by atoms with Crippen LogP contribution in [0.3, 0.4) is 0 Å². The quantitative estimate of drug-likeness (QED) is 0.529. The fraction of sp³-hybridized carbons (Fsp3) is 0.778. The fourth-order valence-corrected chi connectivity index (χ4v) is 1.60. The van der Waals surface area contributed by atoms with Gasteiger partial charge in [-0.15, -0.1) is 12.3 Å². The van der Waals surface area contributed by atoms with Gasteiger partial charge in [0.25, 0.3) is 0 Å². The van der Waals surface area contributed by atoms with E-state index in [0.717, 1.165) is 12.3 Å². The normalized spacial score (nSPS) is 32.0. The fourth-order valence-electron chi connectivity index (χ4n) is 1.60. The molecule has 1 nitrogen and oxygen atoms in total. The summed E-state index contributed by atoms with van der Waals surface area (Å²) in [6, 6.07) is 0. The molecule has 0 saturated heterocycles. The molecule has 10 heavy (non-hydrogen) atoms. The summed E-state index contributed by atoms with van der Waals surface area (Å²) in [6.45, 7) is 0. The first kappa shape index (κ1) is 7.63. The van der Waals surface area contributed by atoms with Gasteiger partial charge in [0.2, 0.25) is 0 Å². The Hall–Kier alpha value is -0.480. The standard InChI is InChI=1S/C9H14O/c1-3-4-8-5-6-9(7-8)10-2/h1,8-9H,4-7H2,2H3. The second-order valence-corrected chi connectivity index (χ2v) is 2.95. The molecule has 2 atom stereocenters. The zero-order chi connectivity index (χ0) is 7.40. The molecule has 0 aliphatic heterocycles. The summed E-state index contributed by atoms with van der Waals surface area (Å²) in [5, 5.41) is 0. The van der Waals surface area contributed by atoms with E-state index in [1.165, 1.54) is 19.3 Å². The lowest BCUT2D eigenvalue weighted by Gasteiger charge is -2.05. The van der Waals surface area contributed by atoms with Crippen LogP contribution in [0.4, 0.5) is 0 Å². The number of hydrogen-bond donors (Lipinski definition) is 0. The molecule has 56 valence electrons. The molecule has 0 N–H and O–H groups in total. The van der Waals surface area contributed by atoms with Crippen molar-refractivity contribution < 1.29 is 4.74 Å². The van der Waals surface area contributed by atoms with Crippen LogP contribution in [-0.2, 0) is 4.74 Å². The Kier molecular flexibility index (Phi) is 2.77. The lowest BCUT2D eigenvalue weighted by atomic mass is 10.1. The predicted octanol–water partition coefficient (Wildman–Crippen LogP) is 1.82. The first-order valence-corrected chi connectivity index (χ1v) is 3.83. The number of ether oxygens (including phenoxy) is 1. The maximum Gasteiger partial charge on any atom is 0.0574 e. The van der Waals surface area contributed by atoms with Crippen molar-refractivity contribution in [1.29, 1.82) is 0 Å². The molecule has 1 fully saturated rings. The van der Waals surface area contributed by atoms with Crippen LogP contribution in [0, 0.1) is 18.3 Å². The van der Waals surface area contributed by atoms with Crippen molar-refractivity contribution in [1.82, 2.24) is 0 Å². The van der Waals surface area contributed by atoms with Gasteiger partial charge in [-0.2, -0.15) is 0 Å². The van der Waals surface area contributed by atoms with Crippen molar-refractivity contribution in [2.24, 2.45) is 5.92 Å². The van der Waals surface area contributed by atoms with Gasteiger partial charge in [0.1, 0.15) is 0 Å². The van der Waals surface area contributed by atoms with Crippen LogP contribution in [-0.4, -0.2) is 13.2 Å². The maximum absolute atomic E-state index is 5.22. The van der Waals surface area contributed by atoms with E-state index in [-0.39, 0.29) is 0 Å². The van der Waals surface area contributed by atoms with Crippen LogP contribution in [0.1, 0.15) is 25.7 Å². The van der Waals surface area contributed by atoms with Gasteiger partial charge >= 0.3 is 0 Å². The molecule has 0 aromatic rings. The average molecular weight is 138 g/mol. The maximum atomic E-state index is 5.22. The lowest BCUT2D eigenvalue weighted by molar-refractivity contribution is 0.105. The SMILES string of the molecule is C#CCC1CCC(OC)C1. The molecule has 0 heterocycles. The molecule has 1 aliphatic carbocycles. The van der Waals surface area contributed by atoms with Gasteiger partial charge in [0, 0.05) is 13.5 Å². The highest BCUT2D eigenvalue weighted by molar-refractivity contribution is 4.90. The molecule has 1 heteroatoms. The van der Waals surface area contributed by atoms with E-state index in [4.69, 9.17) is 11.2 Å². The minimum Gasteiger partial charge on any atom is -0.381 e. The van der Waals surface area contributed by atoms with Crippen LogP contribution in [0.25, 0.3) is 0 Å². The Morgan fingerprint density at radius 1 is 1.60 bits per heavy atom. The summed E-state index contributed by atoms with van der Waals surface area (Å²) in [5.74, 6) is 3.43. The van der Waals surface area contributed by atoms with Crippen LogP contribution in [0.2, 0.25) is 0 Å². The second-order valence-electron chi connectivity index (χ2n) is 2.95. The van der Waals surface area contributed by atoms with E-state index in [2.05, 4.69) is 5.92 Å². The largest absolute Gasteiger partial charge is 0.381 e. The Morgan fingerprint density at radius 2 is 2.40 bits per heavy atom. The highest BCUT2D eigenvalue weighted by Gasteiger charge is 2.22. The molecule has 1 aliphatic rings. The van der Waals surface area contributed by atoms with Crippen molar-refractivity contribution >= 4 is 0 Å². The highest BCUT2D eigenvalue weighted by Crippen LogP contribution is 2.29. The second kappa shape index (κ2) is 3.63. The molecule has 1 rings (SSSR count). The zero-order valence-corrected chi connectivity index (χ0v) is 6.47. The molecular formula is C9H14O. The summed E-state index contributed by atoms with van der Waals surface area (Å²) in [5.41, 5.74) is 0. The molecule has 2 unspecified atom stereocenters. The van der Waals surface area contributed by atoms with Gasteiger partial charge in [-0.05, 0) is 25.2 Å². The average Bonchev–Trinajstić information content (AvgIpc) is 2.37. The lowest BCUT2D eigenvalue weighted by Crippen LogP contribution is -2.04. The van der Waals surface area contributed by atoms with Crippen LogP contribution in [0.15, 0.2) is 0 Å². The summed E-state index contributed by atoms with van der Waals surface area (Å²) in [4.78, 5) is 0. The Bertz CT molecular complexity index is 134. The summed E-state index contributed by atoms with van der Waals surface area (Å²) in [7, 11) is 1.78. The van der Waals surface area contributed by atoms with Gasteiger partial charge in [-0.1, -0.05) is 0 Å². The van der Waals surface area contributed by atoms with Crippen molar-refractivity contribution in [3.8, 4) is 12.3 Å². The zero-order valence-electron chi connectivity index (χ0n) is 6.47. The molecule has 0 spiro atoms. The minimum atomic E-state index is 0.485. The van der Waals surface area contributed by atoms with Crippen LogP contribution < -0.4 is 0 Å². The summed E-state index contributed by atoms with van der Waals surface area (Å²) >= 11 is 0. The summed E-state index contributed by atoms with van der Waals surface area (Å²) < 4.78 is 5.22. The molecule has 0 bridgehead atoms. The molecule has 0 aromatic carbocycles. The van der Waals surface area contributed by atoms with E-state index in [0.29, 0.717) is 6.10 Å². The number of terminal acetylenes is 1. The van der Waals surface area contributed by atoms with E-state index in [1.54, 1.807) is 7.11 Å². The van der Waals surface area contributed by atoms with Crippen molar-refractivity contribution in [3.05, 3.63) is 0 Å². The van der Waals surface area contributed by atoms with E-state index < -0.39 is 0 Å². The van der Waals surface area contributed by atoms with E-state index in [1.807, 2.05) is 0 Å². The third kappa shape index (κ3) is 1.75. The minimum absolute atomic E-state index is 0.485. The van der Waals surface area contributed by atoms with Gasteiger partial charge < -0.3 is 4.74 Å². The third-order valence-electron chi connectivity index (χ3n) is 2.23. The van der Waals surface area contributed by atoms with Gasteiger partial charge in [-0.3, -0.25) is 0 Å². The van der Waals surface area contributed by atoms with Crippen molar-refractivity contribution in [2.45, 2.75) is 31.8 Å². The molecule has 0 aromatic heterocycles. The van der Waals surface area contributed by atoms with E-state index in [9.17, 15) is 0 Å². The molecular weight excluding hydrogens is 124 g/mol. The highest BCUT2D eigenvalue weighted by atomic mass is 16.5. The third-order valence-corrected chi connectivity index (χ3v) is 2.23. The predicted molar refractivity (Wildman–Crippen MR) is 41.6 cm³/mol. The van der Waals surface area contributed by atoms with Crippen molar-refractivity contribution in [3.63, 3.8) is 0 Å². The topological polar surface area (TPSA) is 9.23 Å². The smallest absolute Gasteiger partial charge is 0.0574 e. The van der Waals surface area contributed by atoms with Crippen LogP contribution in [0.5, 0.6) is 0 Å². The van der Waals surface area contributed by atoms with Gasteiger partial charge in [0.05, 0.1) is 6.10 Å². The number of methoxy groups -OCH3 is 1. The number of rotatable bonds is 2. The first-order valence-electron chi connectivity index (χ1n) is 3.83. The van der Waals surface area contributed by atoms with Crippen molar-refractivity contribution in [2.75, 3.05) is 7.11 Å². The number of hydrogen-bond acceptors (Lipinski definition) is 1. The molecule has 0 amide bonds. The van der Waals surface area contributed by atoms with Gasteiger partial charge in [-0.25, -0.2) is 0 Å². The van der Waals surface area contributed by atoms with Gasteiger partial charge in [0.15, 0.2) is 0 Å². The Balaban J connectivity index is 2.23. The summed E-state index contributed by atoms with van der Waals surface area (Å²) in [6.07, 6.45) is 10.2. The monoisotopic (exact) mass is 138 g/mol. The first-order chi connectivity index (χ1) is 4.86. The molecule has 0 radical (unpaired) electrons. The Labute approximate surface area is 62.8 Å². The van der Waals surface area contributed by atoms with Crippen LogP contribution >= 0.6 is 0 Å². The Morgan fingerprint density at radius 3 is 2.90 bits per heavy atom. The molecule has 1 saturated carbocycles.